The van der Waals surface area contributed by atoms with Gasteiger partial charge in [0.25, 0.3) is 0 Å². The molecule has 0 aliphatic heterocycles. The first-order chi connectivity index (χ1) is 5.34. The van der Waals surface area contributed by atoms with Crippen LogP contribution in [0.15, 0.2) is 16.9 Å². The van der Waals surface area contributed by atoms with E-state index in [1.807, 2.05) is 14.0 Å². The molecule has 0 unspecified atom stereocenters. The molecular formula is C9H11NO. The lowest BCUT2D eigenvalue weighted by Gasteiger charge is -1.83. The quantitative estimate of drug-likeness (QED) is 0.606. The van der Waals surface area contributed by atoms with Gasteiger partial charge in [0.15, 0.2) is 0 Å². The molecule has 1 N–H and O–H groups in total. The van der Waals surface area contributed by atoms with Crippen molar-refractivity contribution in [3.8, 4) is 11.8 Å². The van der Waals surface area contributed by atoms with Crippen LogP contribution in [0, 0.1) is 18.8 Å². The summed E-state index contributed by atoms with van der Waals surface area (Å²) in [6, 6.07) is 0. The van der Waals surface area contributed by atoms with Crippen molar-refractivity contribution in [1.82, 2.24) is 5.32 Å². The Kier molecular flexibility index (Phi) is 2.76. The lowest BCUT2D eigenvalue weighted by Crippen LogP contribution is -2.04. The van der Waals surface area contributed by atoms with E-state index < -0.39 is 0 Å². The van der Waals surface area contributed by atoms with Crippen LogP contribution in [0.4, 0.5) is 0 Å². The molecular weight excluding hydrogens is 138 g/mol. The normalized spacial score (nSPS) is 8.91. The molecule has 1 aromatic rings. The second kappa shape index (κ2) is 3.85. The fourth-order valence-electron chi connectivity index (χ4n) is 0.716. The van der Waals surface area contributed by atoms with Crippen molar-refractivity contribution in [2.24, 2.45) is 0 Å². The Labute approximate surface area is 66.6 Å². The number of nitrogens with one attached hydrogen (secondary N) is 1. The fraction of sp³-hybridized carbons (Fsp3) is 0.333. The van der Waals surface area contributed by atoms with Crippen molar-refractivity contribution < 1.29 is 4.42 Å². The molecule has 0 saturated carbocycles. The number of hydrogen-bond donors (Lipinski definition) is 1. The Balaban J connectivity index is 2.65. The van der Waals surface area contributed by atoms with E-state index in [4.69, 9.17) is 4.42 Å². The summed E-state index contributed by atoms with van der Waals surface area (Å²) in [5, 5.41) is 2.95. The zero-order valence-electron chi connectivity index (χ0n) is 6.77. The molecule has 0 bridgehead atoms. The Morgan fingerprint density at radius 2 is 2.36 bits per heavy atom. The highest BCUT2D eigenvalue weighted by atomic mass is 16.3. The molecule has 1 rings (SSSR count). The summed E-state index contributed by atoms with van der Waals surface area (Å²) in [4.78, 5) is 0. The fourth-order valence-corrected chi connectivity index (χ4v) is 0.716. The first-order valence-electron chi connectivity index (χ1n) is 3.51. The molecule has 0 atom stereocenters. The molecule has 0 aliphatic rings. The molecule has 11 heavy (non-hydrogen) atoms. The van der Waals surface area contributed by atoms with Gasteiger partial charge in [-0.15, -0.1) is 0 Å². The molecule has 2 nitrogen and oxygen atoms in total. The molecule has 0 aliphatic carbocycles. The molecule has 0 saturated heterocycles. The van der Waals surface area contributed by atoms with E-state index in [2.05, 4.69) is 17.2 Å². The van der Waals surface area contributed by atoms with Crippen LogP contribution < -0.4 is 5.32 Å². The standard InChI is InChI=1S/C9H11NO/c1-8-6-11-7-9(8)4-3-5-10-2/h6-7,10H,5H2,1-2H3. The van der Waals surface area contributed by atoms with Crippen LogP contribution in [-0.2, 0) is 0 Å². The van der Waals surface area contributed by atoms with Crippen LogP contribution in [0.1, 0.15) is 11.1 Å². The second-order valence-electron chi connectivity index (χ2n) is 2.30. The Morgan fingerprint density at radius 1 is 1.55 bits per heavy atom. The predicted octanol–water partition coefficient (Wildman–Crippen LogP) is 1.16. The van der Waals surface area contributed by atoms with Crippen LogP contribution >= 0.6 is 0 Å². The largest absolute Gasteiger partial charge is 0.471 e. The summed E-state index contributed by atoms with van der Waals surface area (Å²) < 4.78 is 4.95. The molecule has 58 valence electrons. The van der Waals surface area contributed by atoms with Crippen LogP contribution in [-0.4, -0.2) is 13.6 Å². The van der Waals surface area contributed by atoms with Gasteiger partial charge in [0.2, 0.25) is 0 Å². The van der Waals surface area contributed by atoms with Crippen molar-refractivity contribution in [2.45, 2.75) is 6.92 Å². The molecule has 0 fully saturated rings. The highest BCUT2D eigenvalue weighted by molar-refractivity contribution is 5.37. The van der Waals surface area contributed by atoms with Crippen LogP contribution in [0.3, 0.4) is 0 Å². The first kappa shape index (κ1) is 7.90. The van der Waals surface area contributed by atoms with Gasteiger partial charge >= 0.3 is 0 Å². The summed E-state index contributed by atoms with van der Waals surface area (Å²) in [5.74, 6) is 5.94. The third kappa shape index (κ3) is 2.14. The van der Waals surface area contributed by atoms with E-state index in [1.165, 1.54) is 0 Å². The molecule has 0 amide bonds. The van der Waals surface area contributed by atoms with Crippen LogP contribution in [0.5, 0.6) is 0 Å². The Hall–Kier alpha value is -1.20. The molecule has 1 aromatic heterocycles. The second-order valence-corrected chi connectivity index (χ2v) is 2.30. The Morgan fingerprint density at radius 3 is 2.91 bits per heavy atom. The smallest absolute Gasteiger partial charge is 0.106 e. The number of aryl methyl sites for hydroxylation is 1. The zero-order valence-corrected chi connectivity index (χ0v) is 6.77. The van der Waals surface area contributed by atoms with E-state index in [0.717, 1.165) is 11.1 Å². The van der Waals surface area contributed by atoms with Gasteiger partial charge in [-0.05, 0) is 14.0 Å². The summed E-state index contributed by atoms with van der Waals surface area (Å²) >= 11 is 0. The minimum absolute atomic E-state index is 0.713. The SMILES string of the molecule is CNCC#Cc1cocc1C. The molecule has 2 heteroatoms. The topological polar surface area (TPSA) is 25.2 Å². The summed E-state index contributed by atoms with van der Waals surface area (Å²) in [7, 11) is 1.87. The lowest BCUT2D eigenvalue weighted by atomic mass is 10.2. The first-order valence-corrected chi connectivity index (χ1v) is 3.51. The van der Waals surface area contributed by atoms with Gasteiger partial charge in [-0.3, -0.25) is 0 Å². The van der Waals surface area contributed by atoms with E-state index >= 15 is 0 Å². The van der Waals surface area contributed by atoms with Crippen molar-refractivity contribution >= 4 is 0 Å². The van der Waals surface area contributed by atoms with E-state index in [1.54, 1.807) is 12.5 Å². The summed E-state index contributed by atoms with van der Waals surface area (Å²) in [6.45, 7) is 2.69. The van der Waals surface area contributed by atoms with Gasteiger partial charge in [-0.25, -0.2) is 0 Å². The number of rotatable bonds is 1. The van der Waals surface area contributed by atoms with Gasteiger partial charge < -0.3 is 9.73 Å². The minimum atomic E-state index is 0.713. The monoisotopic (exact) mass is 149 g/mol. The third-order valence-electron chi connectivity index (χ3n) is 1.34. The average molecular weight is 149 g/mol. The van der Waals surface area contributed by atoms with Crippen molar-refractivity contribution in [3.05, 3.63) is 23.7 Å². The van der Waals surface area contributed by atoms with Gasteiger partial charge in [-0.1, -0.05) is 11.8 Å². The van der Waals surface area contributed by atoms with Gasteiger partial charge in [0, 0.05) is 5.56 Å². The summed E-state index contributed by atoms with van der Waals surface area (Å²) in [6.07, 6.45) is 3.36. The van der Waals surface area contributed by atoms with Crippen LogP contribution in [0.25, 0.3) is 0 Å². The van der Waals surface area contributed by atoms with E-state index in [9.17, 15) is 0 Å². The molecule has 0 spiro atoms. The van der Waals surface area contributed by atoms with Crippen LogP contribution in [0.2, 0.25) is 0 Å². The maximum Gasteiger partial charge on any atom is 0.106 e. The minimum Gasteiger partial charge on any atom is -0.471 e. The molecule has 1 heterocycles. The lowest BCUT2D eigenvalue weighted by molar-refractivity contribution is 0.565. The number of furan rings is 1. The van der Waals surface area contributed by atoms with Gasteiger partial charge in [0.05, 0.1) is 18.4 Å². The molecule has 0 radical (unpaired) electrons. The Bertz CT molecular complexity index is 277. The zero-order chi connectivity index (χ0) is 8.10. The average Bonchev–Trinajstić information content (AvgIpc) is 2.37. The number of hydrogen-bond acceptors (Lipinski definition) is 2. The van der Waals surface area contributed by atoms with E-state index in [0.29, 0.717) is 6.54 Å². The predicted molar refractivity (Wildman–Crippen MR) is 44.2 cm³/mol. The molecule has 0 aromatic carbocycles. The highest BCUT2D eigenvalue weighted by Crippen LogP contribution is 2.05. The third-order valence-corrected chi connectivity index (χ3v) is 1.34. The van der Waals surface area contributed by atoms with Crippen molar-refractivity contribution in [2.75, 3.05) is 13.6 Å². The van der Waals surface area contributed by atoms with Crippen molar-refractivity contribution in [1.29, 1.82) is 0 Å². The van der Waals surface area contributed by atoms with Crippen molar-refractivity contribution in [3.63, 3.8) is 0 Å². The van der Waals surface area contributed by atoms with Gasteiger partial charge in [0.1, 0.15) is 6.26 Å². The maximum absolute atomic E-state index is 4.95. The van der Waals surface area contributed by atoms with E-state index in [-0.39, 0.29) is 0 Å². The van der Waals surface area contributed by atoms with Gasteiger partial charge in [-0.2, -0.15) is 0 Å². The summed E-state index contributed by atoms with van der Waals surface area (Å²) in [5.41, 5.74) is 2.06. The highest BCUT2D eigenvalue weighted by Gasteiger charge is 1.93. The maximum atomic E-state index is 4.95.